The average molecular weight is 282 g/mol. The third-order valence-electron chi connectivity index (χ3n) is 2.97. The van der Waals surface area contributed by atoms with Gasteiger partial charge in [-0.15, -0.1) is 0 Å². The summed E-state index contributed by atoms with van der Waals surface area (Å²) in [5.41, 5.74) is 0. The van der Waals surface area contributed by atoms with Gasteiger partial charge in [0.1, 0.15) is 0 Å². The lowest BCUT2D eigenvalue weighted by atomic mass is 10.3. The first-order valence-electron chi connectivity index (χ1n) is 6.63. The first-order valence-corrected chi connectivity index (χ1v) is 7.79. The summed E-state index contributed by atoms with van der Waals surface area (Å²) < 4.78 is 0. The normalized spacial score (nSPS) is 19.4. The first kappa shape index (κ1) is 14.2. The minimum atomic E-state index is 0.464. The predicted molar refractivity (Wildman–Crippen MR) is 82.5 cm³/mol. The van der Waals surface area contributed by atoms with E-state index in [-0.39, 0.29) is 0 Å². The SMILES string of the molecule is CCNc1nc(N(C)C)nc(N2CCSCC2C)n1. The fourth-order valence-electron chi connectivity index (χ4n) is 1.94. The number of hydrogen-bond donors (Lipinski definition) is 1. The van der Waals surface area contributed by atoms with E-state index in [1.165, 1.54) is 0 Å². The predicted octanol–water partition coefficient (Wildman–Crippen LogP) is 1.31. The Kier molecular flexibility index (Phi) is 4.68. The third-order valence-corrected chi connectivity index (χ3v) is 4.16. The van der Waals surface area contributed by atoms with Gasteiger partial charge in [-0.3, -0.25) is 0 Å². The second-order valence-electron chi connectivity index (χ2n) is 4.80. The smallest absolute Gasteiger partial charge is 0.232 e. The van der Waals surface area contributed by atoms with Crippen LogP contribution < -0.4 is 15.1 Å². The van der Waals surface area contributed by atoms with Gasteiger partial charge in [-0.1, -0.05) is 0 Å². The second-order valence-corrected chi connectivity index (χ2v) is 5.95. The molecular formula is C12H22N6S. The van der Waals surface area contributed by atoms with E-state index >= 15 is 0 Å². The monoisotopic (exact) mass is 282 g/mol. The Bertz CT molecular complexity index is 425. The molecule has 106 valence electrons. The summed E-state index contributed by atoms with van der Waals surface area (Å²) in [6, 6.07) is 0.464. The van der Waals surface area contributed by atoms with Crippen molar-refractivity contribution in [3.05, 3.63) is 0 Å². The summed E-state index contributed by atoms with van der Waals surface area (Å²) >= 11 is 1.99. The summed E-state index contributed by atoms with van der Waals surface area (Å²) in [6.07, 6.45) is 0. The molecule has 6 nitrogen and oxygen atoms in total. The van der Waals surface area contributed by atoms with Crippen LogP contribution in [0.15, 0.2) is 0 Å². The summed E-state index contributed by atoms with van der Waals surface area (Å²) in [7, 11) is 3.90. The van der Waals surface area contributed by atoms with Crippen LogP contribution in [0.2, 0.25) is 0 Å². The van der Waals surface area contributed by atoms with Crippen LogP contribution in [0.1, 0.15) is 13.8 Å². The molecule has 1 aliphatic rings. The van der Waals surface area contributed by atoms with E-state index in [9.17, 15) is 0 Å². The number of thioether (sulfide) groups is 1. The summed E-state index contributed by atoms with van der Waals surface area (Å²) in [4.78, 5) is 17.7. The van der Waals surface area contributed by atoms with Gasteiger partial charge >= 0.3 is 0 Å². The van der Waals surface area contributed by atoms with Crippen molar-refractivity contribution in [1.82, 2.24) is 15.0 Å². The molecule has 0 spiro atoms. The maximum absolute atomic E-state index is 4.57. The molecule has 1 aromatic heterocycles. The summed E-state index contributed by atoms with van der Waals surface area (Å²) in [5.74, 6) is 4.39. The average Bonchev–Trinajstić information content (AvgIpc) is 2.39. The molecule has 1 fully saturated rings. The van der Waals surface area contributed by atoms with Gasteiger partial charge in [0.2, 0.25) is 17.8 Å². The van der Waals surface area contributed by atoms with Gasteiger partial charge in [0.25, 0.3) is 0 Å². The van der Waals surface area contributed by atoms with Gasteiger partial charge in [-0.05, 0) is 13.8 Å². The molecule has 1 unspecified atom stereocenters. The molecule has 1 saturated heterocycles. The first-order chi connectivity index (χ1) is 9.11. The standard InChI is InChI=1S/C12H22N6S/c1-5-13-10-14-11(17(3)4)16-12(15-10)18-6-7-19-8-9(18)2/h9H,5-8H2,1-4H3,(H,13,14,15,16). The molecule has 1 aliphatic heterocycles. The van der Waals surface area contributed by atoms with Crippen molar-refractivity contribution in [3.63, 3.8) is 0 Å². The summed E-state index contributed by atoms with van der Waals surface area (Å²) in [6.45, 7) is 6.06. The molecule has 2 rings (SSSR count). The van der Waals surface area contributed by atoms with E-state index in [4.69, 9.17) is 0 Å². The fourth-order valence-corrected chi connectivity index (χ4v) is 2.96. The number of nitrogens with zero attached hydrogens (tertiary/aromatic N) is 5. The zero-order chi connectivity index (χ0) is 13.8. The van der Waals surface area contributed by atoms with Crippen molar-refractivity contribution in [1.29, 1.82) is 0 Å². The second kappa shape index (κ2) is 6.27. The molecule has 0 radical (unpaired) electrons. The Balaban J connectivity index is 2.31. The highest BCUT2D eigenvalue weighted by atomic mass is 32.2. The Labute approximate surface area is 119 Å². The number of nitrogens with one attached hydrogen (secondary N) is 1. The van der Waals surface area contributed by atoms with E-state index in [0.29, 0.717) is 17.9 Å². The molecule has 1 atom stereocenters. The van der Waals surface area contributed by atoms with Crippen LogP contribution in [0.25, 0.3) is 0 Å². The zero-order valence-electron chi connectivity index (χ0n) is 12.1. The molecule has 19 heavy (non-hydrogen) atoms. The molecule has 1 N–H and O–H groups in total. The Morgan fingerprint density at radius 2 is 2.16 bits per heavy atom. The van der Waals surface area contributed by atoms with Gasteiger partial charge in [-0.25, -0.2) is 0 Å². The molecule has 0 saturated carbocycles. The largest absolute Gasteiger partial charge is 0.354 e. The van der Waals surface area contributed by atoms with Crippen LogP contribution in [0.4, 0.5) is 17.8 Å². The molecule has 0 amide bonds. The maximum atomic E-state index is 4.57. The lowest BCUT2D eigenvalue weighted by Crippen LogP contribution is -2.41. The van der Waals surface area contributed by atoms with Crippen molar-refractivity contribution >= 4 is 29.6 Å². The molecular weight excluding hydrogens is 260 g/mol. The van der Waals surface area contributed by atoms with E-state index in [0.717, 1.165) is 30.5 Å². The van der Waals surface area contributed by atoms with Crippen molar-refractivity contribution in [3.8, 4) is 0 Å². The van der Waals surface area contributed by atoms with E-state index in [1.807, 2.05) is 37.7 Å². The molecule has 2 heterocycles. The van der Waals surface area contributed by atoms with E-state index in [2.05, 4.69) is 32.1 Å². The van der Waals surface area contributed by atoms with Gasteiger partial charge in [-0.2, -0.15) is 26.7 Å². The number of aromatic nitrogens is 3. The van der Waals surface area contributed by atoms with Crippen molar-refractivity contribution in [2.75, 3.05) is 53.8 Å². The highest BCUT2D eigenvalue weighted by molar-refractivity contribution is 7.99. The third kappa shape index (κ3) is 3.40. The topological polar surface area (TPSA) is 57.2 Å². The van der Waals surface area contributed by atoms with Crippen LogP contribution in [0.5, 0.6) is 0 Å². The van der Waals surface area contributed by atoms with Crippen molar-refractivity contribution in [2.24, 2.45) is 0 Å². The van der Waals surface area contributed by atoms with Crippen LogP contribution in [0.3, 0.4) is 0 Å². The molecule has 1 aromatic rings. The van der Waals surface area contributed by atoms with Crippen LogP contribution in [-0.4, -0.2) is 59.7 Å². The fraction of sp³-hybridized carbons (Fsp3) is 0.750. The Morgan fingerprint density at radius 1 is 1.37 bits per heavy atom. The number of hydrogen-bond acceptors (Lipinski definition) is 7. The minimum Gasteiger partial charge on any atom is -0.354 e. The van der Waals surface area contributed by atoms with Crippen LogP contribution in [0, 0.1) is 0 Å². The Hall–Kier alpha value is -1.24. The molecule has 0 aromatic carbocycles. The Morgan fingerprint density at radius 3 is 2.79 bits per heavy atom. The highest BCUT2D eigenvalue weighted by Crippen LogP contribution is 2.22. The quantitative estimate of drug-likeness (QED) is 0.893. The van der Waals surface area contributed by atoms with Gasteiger partial charge in [0.15, 0.2) is 0 Å². The molecule has 0 aliphatic carbocycles. The maximum Gasteiger partial charge on any atom is 0.232 e. The zero-order valence-corrected chi connectivity index (χ0v) is 12.9. The lowest BCUT2D eigenvalue weighted by Gasteiger charge is -2.33. The van der Waals surface area contributed by atoms with Crippen molar-refractivity contribution in [2.45, 2.75) is 19.9 Å². The molecule has 0 bridgehead atoms. The van der Waals surface area contributed by atoms with Crippen LogP contribution >= 0.6 is 11.8 Å². The lowest BCUT2D eigenvalue weighted by molar-refractivity contribution is 0.674. The van der Waals surface area contributed by atoms with Gasteiger partial charge < -0.3 is 15.1 Å². The van der Waals surface area contributed by atoms with Gasteiger partial charge in [0.05, 0.1) is 0 Å². The summed E-state index contributed by atoms with van der Waals surface area (Å²) in [5, 5.41) is 3.18. The van der Waals surface area contributed by atoms with Crippen molar-refractivity contribution < 1.29 is 0 Å². The van der Waals surface area contributed by atoms with E-state index < -0.39 is 0 Å². The number of rotatable bonds is 4. The highest BCUT2D eigenvalue weighted by Gasteiger charge is 2.22. The van der Waals surface area contributed by atoms with Gasteiger partial charge in [0, 0.05) is 44.7 Å². The van der Waals surface area contributed by atoms with E-state index in [1.54, 1.807) is 0 Å². The van der Waals surface area contributed by atoms with Crippen LogP contribution in [-0.2, 0) is 0 Å². The molecule has 7 heteroatoms. The minimum absolute atomic E-state index is 0.464. The number of anilines is 3.